The Morgan fingerprint density at radius 3 is 2.94 bits per heavy atom. The molecule has 2 nitrogen and oxygen atoms in total. The molecule has 0 saturated heterocycles. The van der Waals surface area contributed by atoms with Gasteiger partial charge in [-0.05, 0) is 55.0 Å². The molecule has 0 radical (unpaired) electrons. The SMILES string of the molecule is CNCC1(Cc2cc(Br)cc3c2OCC3)CC1. The topological polar surface area (TPSA) is 21.3 Å². The molecule has 0 unspecified atom stereocenters. The average Bonchev–Trinajstić information content (AvgIpc) is 2.87. The van der Waals surface area contributed by atoms with E-state index in [1.165, 1.54) is 28.4 Å². The number of nitrogens with one attached hydrogen (secondary N) is 1. The molecule has 1 fully saturated rings. The zero-order chi connectivity index (χ0) is 11.9. The number of benzene rings is 1. The van der Waals surface area contributed by atoms with Gasteiger partial charge in [0.05, 0.1) is 6.61 Å². The summed E-state index contributed by atoms with van der Waals surface area (Å²) in [6.45, 7) is 1.96. The van der Waals surface area contributed by atoms with Gasteiger partial charge < -0.3 is 10.1 Å². The molecular formula is C14H18BrNO. The Bertz CT molecular complexity index is 440. The maximum absolute atomic E-state index is 5.80. The first-order valence-corrected chi connectivity index (χ1v) is 7.10. The summed E-state index contributed by atoms with van der Waals surface area (Å²) in [5, 5.41) is 3.32. The highest BCUT2D eigenvalue weighted by atomic mass is 79.9. The number of rotatable bonds is 4. The van der Waals surface area contributed by atoms with Crippen LogP contribution >= 0.6 is 15.9 Å². The van der Waals surface area contributed by atoms with Crippen molar-refractivity contribution in [2.75, 3.05) is 20.2 Å². The minimum absolute atomic E-state index is 0.495. The van der Waals surface area contributed by atoms with E-state index in [-0.39, 0.29) is 0 Å². The monoisotopic (exact) mass is 295 g/mol. The standard InChI is InChI=1S/C14H18BrNO/c1-16-9-14(3-4-14)8-11-7-12(15)6-10-2-5-17-13(10)11/h6-7,16H,2-5,8-9H2,1H3. The molecule has 17 heavy (non-hydrogen) atoms. The molecule has 1 aromatic carbocycles. The summed E-state index contributed by atoms with van der Waals surface area (Å²) in [6, 6.07) is 4.43. The Labute approximate surface area is 111 Å². The van der Waals surface area contributed by atoms with E-state index in [1.807, 2.05) is 7.05 Å². The second kappa shape index (κ2) is 4.29. The molecule has 1 aliphatic carbocycles. The van der Waals surface area contributed by atoms with Gasteiger partial charge in [-0.3, -0.25) is 0 Å². The molecule has 0 aromatic heterocycles. The van der Waals surface area contributed by atoms with Gasteiger partial charge in [-0.25, -0.2) is 0 Å². The van der Waals surface area contributed by atoms with Crippen molar-refractivity contribution in [1.82, 2.24) is 5.32 Å². The van der Waals surface area contributed by atoms with Crippen LogP contribution in [0.25, 0.3) is 0 Å². The summed E-state index contributed by atoms with van der Waals surface area (Å²) in [5.41, 5.74) is 3.25. The fraction of sp³-hybridized carbons (Fsp3) is 0.571. The minimum Gasteiger partial charge on any atom is -0.493 e. The van der Waals surface area contributed by atoms with Crippen LogP contribution < -0.4 is 10.1 Å². The van der Waals surface area contributed by atoms with Crippen LogP contribution in [-0.2, 0) is 12.8 Å². The maximum atomic E-state index is 5.80. The van der Waals surface area contributed by atoms with E-state index in [4.69, 9.17) is 4.74 Å². The molecule has 2 aliphatic rings. The zero-order valence-corrected chi connectivity index (χ0v) is 11.8. The van der Waals surface area contributed by atoms with Gasteiger partial charge in [-0.2, -0.15) is 0 Å². The average molecular weight is 296 g/mol. The summed E-state index contributed by atoms with van der Waals surface area (Å²) < 4.78 is 6.99. The molecule has 92 valence electrons. The quantitative estimate of drug-likeness (QED) is 0.922. The predicted molar refractivity (Wildman–Crippen MR) is 72.6 cm³/mol. The Hall–Kier alpha value is -0.540. The van der Waals surface area contributed by atoms with E-state index in [0.29, 0.717) is 5.41 Å². The zero-order valence-electron chi connectivity index (χ0n) is 10.2. The smallest absolute Gasteiger partial charge is 0.125 e. The Morgan fingerprint density at radius 1 is 1.41 bits per heavy atom. The first-order valence-electron chi connectivity index (χ1n) is 6.31. The number of halogens is 1. The second-order valence-electron chi connectivity index (χ2n) is 5.36. The van der Waals surface area contributed by atoms with Crippen LogP contribution in [0.4, 0.5) is 0 Å². The van der Waals surface area contributed by atoms with Crippen molar-refractivity contribution in [2.45, 2.75) is 25.7 Å². The number of fused-ring (bicyclic) bond motifs is 1. The second-order valence-corrected chi connectivity index (χ2v) is 6.27. The lowest BCUT2D eigenvalue weighted by molar-refractivity contribution is 0.349. The molecule has 1 saturated carbocycles. The molecule has 0 spiro atoms. The van der Waals surface area contributed by atoms with Gasteiger partial charge in [-0.15, -0.1) is 0 Å². The normalized spacial score (nSPS) is 19.9. The Morgan fingerprint density at radius 2 is 2.24 bits per heavy atom. The molecular weight excluding hydrogens is 278 g/mol. The highest BCUT2D eigenvalue weighted by molar-refractivity contribution is 9.10. The van der Waals surface area contributed by atoms with Gasteiger partial charge in [0.15, 0.2) is 0 Å². The van der Waals surface area contributed by atoms with Gasteiger partial charge in [0.2, 0.25) is 0 Å². The fourth-order valence-corrected chi connectivity index (χ4v) is 3.40. The third-order valence-electron chi connectivity index (χ3n) is 3.90. The summed E-state index contributed by atoms with van der Waals surface area (Å²) >= 11 is 3.61. The van der Waals surface area contributed by atoms with Crippen molar-refractivity contribution in [2.24, 2.45) is 5.41 Å². The van der Waals surface area contributed by atoms with Gasteiger partial charge in [0.25, 0.3) is 0 Å². The van der Waals surface area contributed by atoms with Crippen LogP contribution in [0.2, 0.25) is 0 Å². The van der Waals surface area contributed by atoms with E-state index < -0.39 is 0 Å². The third-order valence-corrected chi connectivity index (χ3v) is 4.36. The number of ether oxygens (including phenoxy) is 1. The summed E-state index contributed by atoms with van der Waals surface area (Å²) in [7, 11) is 2.04. The van der Waals surface area contributed by atoms with Crippen molar-refractivity contribution in [3.8, 4) is 5.75 Å². The van der Waals surface area contributed by atoms with E-state index in [0.717, 1.165) is 31.7 Å². The van der Waals surface area contributed by atoms with Crippen molar-refractivity contribution >= 4 is 15.9 Å². The van der Waals surface area contributed by atoms with Crippen LogP contribution in [0, 0.1) is 5.41 Å². The molecule has 1 aliphatic heterocycles. The number of hydrogen-bond acceptors (Lipinski definition) is 2. The largest absolute Gasteiger partial charge is 0.493 e. The molecule has 1 N–H and O–H groups in total. The molecule has 1 aromatic rings. The third kappa shape index (κ3) is 2.23. The highest BCUT2D eigenvalue weighted by Crippen LogP contribution is 2.50. The van der Waals surface area contributed by atoms with E-state index in [9.17, 15) is 0 Å². The lowest BCUT2D eigenvalue weighted by atomic mass is 9.94. The Balaban J connectivity index is 1.88. The van der Waals surface area contributed by atoms with Crippen molar-refractivity contribution < 1.29 is 4.74 Å². The van der Waals surface area contributed by atoms with Crippen molar-refractivity contribution in [3.63, 3.8) is 0 Å². The highest BCUT2D eigenvalue weighted by Gasteiger charge is 2.42. The summed E-state index contributed by atoms with van der Waals surface area (Å²) in [6.07, 6.45) is 4.89. The Kier molecular flexibility index (Phi) is 2.91. The summed E-state index contributed by atoms with van der Waals surface area (Å²) in [5.74, 6) is 1.16. The van der Waals surface area contributed by atoms with Crippen LogP contribution in [0.15, 0.2) is 16.6 Å². The number of hydrogen-bond donors (Lipinski definition) is 1. The van der Waals surface area contributed by atoms with Crippen LogP contribution in [0.3, 0.4) is 0 Å². The summed E-state index contributed by atoms with van der Waals surface area (Å²) in [4.78, 5) is 0. The van der Waals surface area contributed by atoms with Gasteiger partial charge in [0.1, 0.15) is 5.75 Å². The molecule has 3 rings (SSSR count). The lowest BCUT2D eigenvalue weighted by Gasteiger charge is -2.17. The molecule has 0 amide bonds. The van der Waals surface area contributed by atoms with Crippen molar-refractivity contribution in [1.29, 1.82) is 0 Å². The first-order chi connectivity index (χ1) is 8.22. The first kappa shape index (κ1) is 11.5. The predicted octanol–water partition coefficient (Wildman–Crippen LogP) is 2.93. The van der Waals surface area contributed by atoms with E-state index in [1.54, 1.807) is 0 Å². The van der Waals surface area contributed by atoms with E-state index >= 15 is 0 Å². The van der Waals surface area contributed by atoms with E-state index in [2.05, 4.69) is 33.4 Å². The van der Waals surface area contributed by atoms with Crippen LogP contribution in [0.5, 0.6) is 5.75 Å². The lowest BCUT2D eigenvalue weighted by Crippen LogP contribution is -2.22. The molecule has 0 atom stereocenters. The van der Waals surface area contributed by atoms with Crippen LogP contribution in [0.1, 0.15) is 24.0 Å². The van der Waals surface area contributed by atoms with Crippen LogP contribution in [-0.4, -0.2) is 20.2 Å². The molecule has 0 bridgehead atoms. The van der Waals surface area contributed by atoms with Gasteiger partial charge in [0, 0.05) is 17.4 Å². The molecule has 3 heteroatoms. The maximum Gasteiger partial charge on any atom is 0.125 e. The minimum atomic E-state index is 0.495. The fourth-order valence-electron chi connectivity index (χ4n) is 2.85. The molecule has 1 heterocycles. The van der Waals surface area contributed by atoms with Gasteiger partial charge in [-0.1, -0.05) is 15.9 Å². The van der Waals surface area contributed by atoms with Crippen molar-refractivity contribution in [3.05, 3.63) is 27.7 Å². The van der Waals surface area contributed by atoms with Gasteiger partial charge >= 0.3 is 0 Å².